The van der Waals surface area contributed by atoms with Gasteiger partial charge < -0.3 is 0 Å². The fraction of sp³-hybridized carbons (Fsp3) is 0. The maximum Gasteiger partial charge on any atom is 2.00 e. The zero-order chi connectivity index (χ0) is 16.5. The van der Waals surface area contributed by atoms with E-state index in [0.29, 0.717) is 0 Å². The molecule has 0 N–H and O–H groups in total. The standard InChI is InChI=1S/2C11H8N.Pt/c2*1-2-6-10(7-3-1)11-8-4-5-9-12-11;/h2*1-7,9H;/q2*-1;+2. The topological polar surface area (TPSA) is 25.8 Å². The third kappa shape index (κ3) is 5.77. The maximum absolute atomic E-state index is 4.19. The van der Waals surface area contributed by atoms with Gasteiger partial charge in [0.25, 0.3) is 0 Å². The average Bonchev–Trinajstić information content (AvgIpc) is 2.71. The Bertz CT molecular complexity index is 686. The van der Waals surface area contributed by atoms with E-state index >= 15 is 0 Å². The van der Waals surface area contributed by atoms with Crippen LogP contribution in [0.15, 0.2) is 97.3 Å². The van der Waals surface area contributed by atoms with Crippen molar-refractivity contribution in [2.24, 2.45) is 0 Å². The number of nitrogens with zero attached hydrogens (tertiary/aromatic N) is 2. The van der Waals surface area contributed by atoms with Crippen LogP contribution in [0.2, 0.25) is 0 Å². The van der Waals surface area contributed by atoms with E-state index in [1.54, 1.807) is 12.4 Å². The van der Waals surface area contributed by atoms with Gasteiger partial charge in [-0.05, 0) is 23.8 Å². The molecule has 0 unspecified atom stereocenters. The minimum atomic E-state index is 0. The average molecular weight is 503 g/mol. The van der Waals surface area contributed by atoms with E-state index in [2.05, 4.69) is 22.1 Å². The molecule has 25 heavy (non-hydrogen) atoms. The van der Waals surface area contributed by atoms with Crippen molar-refractivity contribution in [2.45, 2.75) is 0 Å². The molecule has 0 amide bonds. The first-order chi connectivity index (χ1) is 11.9. The Balaban J connectivity index is 0.000000173. The Labute approximate surface area is 162 Å². The smallest absolute Gasteiger partial charge is 0.296 e. The van der Waals surface area contributed by atoms with Gasteiger partial charge in [-0.25, -0.2) is 0 Å². The summed E-state index contributed by atoms with van der Waals surface area (Å²) >= 11 is 0. The van der Waals surface area contributed by atoms with E-state index in [1.165, 1.54) is 0 Å². The van der Waals surface area contributed by atoms with Gasteiger partial charge in [0.15, 0.2) is 0 Å². The quantitative estimate of drug-likeness (QED) is 0.356. The molecule has 0 fully saturated rings. The third-order valence-electron chi connectivity index (χ3n) is 3.31. The Hall–Kier alpha value is -2.57. The van der Waals surface area contributed by atoms with Crippen LogP contribution in [0, 0.1) is 12.1 Å². The normalized spacial score (nSPS) is 9.28. The summed E-state index contributed by atoms with van der Waals surface area (Å²) in [6, 6.07) is 33.7. The second-order valence-corrected chi connectivity index (χ2v) is 4.99. The molecule has 2 nitrogen and oxygen atoms in total. The molecule has 0 atom stereocenters. The molecule has 2 aromatic heterocycles. The molecule has 0 radical (unpaired) electrons. The molecule has 0 saturated heterocycles. The van der Waals surface area contributed by atoms with Crippen LogP contribution in [-0.4, -0.2) is 9.97 Å². The predicted molar refractivity (Wildman–Crippen MR) is 97.0 cm³/mol. The van der Waals surface area contributed by atoms with Crippen LogP contribution in [0.4, 0.5) is 0 Å². The van der Waals surface area contributed by atoms with Gasteiger partial charge in [-0.1, -0.05) is 47.5 Å². The van der Waals surface area contributed by atoms with E-state index in [1.807, 2.05) is 84.9 Å². The summed E-state index contributed by atoms with van der Waals surface area (Å²) < 4.78 is 0. The summed E-state index contributed by atoms with van der Waals surface area (Å²) in [4.78, 5) is 8.39. The molecule has 0 aliphatic heterocycles. The van der Waals surface area contributed by atoms with Crippen LogP contribution < -0.4 is 0 Å². The molecular formula is C22H16N2Pt. The second kappa shape index (κ2) is 10.3. The van der Waals surface area contributed by atoms with Crippen molar-refractivity contribution in [3.8, 4) is 22.5 Å². The maximum atomic E-state index is 4.19. The van der Waals surface area contributed by atoms with Crippen LogP contribution >= 0.6 is 0 Å². The van der Waals surface area contributed by atoms with Gasteiger partial charge in [0.1, 0.15) is 0 Å². The summed E-state index contributed by atoms with van der Waals surface area (Å²) in [5.41, 5.74) is 4.02. The van der Waals surface area contributed by atoms with Gasteiger partial charge in [0.05, 0.1) is 0 Å². The molecule has 2 aromatic carbocycles. The molecule has 4 rings (SSSR count). The van der Waals surface area contributed by atoms with Gasteiger partial charge in [0, 0.05) is 0 Å². The number of benzene rings is 2. The van der Waals surface area contributed by atoms with Crippen molar-refractivity contribution in [3.63, 3.8) is 0 Å². The monoisotopic (exact) mass is 503 g/mol. The molecular weight excluding hydrogens is 487 g/mol. The van der Waals surface area contributed by atoms with Crippen LogP contribution in [0.25, 0.3) is 22.5 Å². The molecule has 3 heteroatoms. The van der Waals surface area contributed by atoms with E-state index < -0.39 is 0 Å². The van der Waals surface area contributed by atoms with Gasteiger partial charge in [-0.2, -0.15) is 24.3 Å². The Morgan fingerprint density at radius 1 is 0.520 bits per heavy atom. The van der Waals surface area contributed by atoms with E-state index in [4.69, 9.17) is 0 Å². The van der Waals surface area contributed by atoms with Gasteiger partial charge >= 0.3 is 21.1 Å². The number of aromatic nitrogens is 2. The molecule has 0 aliphatic carbocycles. The van der Waals surface area contributed by atoms with E-state index in [-0.39, 0.29) is 21.1 Å². The number of hydrogen-bond acceptors (Lipinski definition) is 2. The Morgan fingerprint density at radius 2 is 0.920 bits per heavy atom. The molecule has 4 aromatic rings. The van der Waals surface area contributed by atoms with Crippen molar-refractivity contribution < 1.29 is 21.1 Å². The molecule has 0 aliphatic rings. The van der Waals surface area contributed by atoms with Gasteiger partial charge in [0.2, 0.25) is 0 Å². The fourth-order valence-electron chi connectivity index (χ4n) is 2.16. The molecule has 0 bridgehead atoms. The van der Waals surface area contributed by atoms with E-state index in [0.717, 1.165) is 22.5 Å². The minimum Gasteiger partial charge on any atom is -0.296 e. The third-order valence-corrected chi connectivity index (χ3v) is 3.31. The number of pyridine rings is 2. The van der Waals surface area contributed by atoms with Crippen molar-refractivity contribution >= 4 is 0 Å². The zero-order valence-electron chi connectivity index (χ0n) is 13.4. The predicted octanol–water partition coefficient (Wildman–Crippen LogP) is 5.10. The summed E-state index contributed by atoms with van der Waals surface area (Å²) in [6.45, 7) is 0. The van der Waals surface area contributed by atoms with Crippen LogP contribution in [-0.2, 0) is 21.1 Å². The summed E-state index contributed by atoms with van der Waals surface area (Å²) in [5.74, 6) is 0. The van der Waals surface area contributed by atoms with Crippen molar-refractivity contribution in [1.82, 2.24) is 9.97 Å². The van der Waals surface area contributed by atoms with E-state index in [9.17, 15) is 0 Å². The summed E-state index contributed by atoms with van der Waals surface area (Å²) in [5, 5.41) is 0. The second-order valence-electron chi connectivity index (χ2n) is 4.99. The van der Waals surface area contributed by atoms with Gasteiger partial charge in [-0.15, -0.1) is 36.4 Å². The minimum absolute atomic E-state index is 0. The van der Waals surface area contributed by atoms with Gasteiger partial charge in [-0.3, -0.25) is 9.97 Å². The van der Waals surface area contributed by atoms with Crippen molar-refractivity contribution in [1.29, 1.82) is 0 Å². The fourth-order valence-corrected chi connectivity index (χ4v) is 2.16. The number of rotatable bonds is 2. The van der Waals surface area contributed by atoms with Crippen LogP contribution in [0.1, 0.15) is 0 Å². The Morgan fingerprint density at radius 3 is 1.24 bits per heavy atom. The summed E-state index contributed by atoms with van der Waals surface area (Å²) in [7, 11) is 0. The van der Waals surface area contributed by atoms with Crippen molar-refractivity contribution in [3.05, 3.63) is 109 Å². The first-order valence-corrected chi connectivity index (χ1v) is 7.70. The molecule has 2 heterocycles. The summed E-state index contributed by atoms with van der Waals surface area (Å²) in [6.07, 6.45) is 3.55. The molecule has 0 spiro atoms. The first kappa shape index (κ1) is 18.8. The first-order valence-electron chi connectivity index (χ1n) is 7.70. The molecule has 0 saturated carbocycles. The van der Waals surface area contributed by atoms with Crippen LogP contribution in [0.3, 0.4) is 0 Å². The SMILES string of the molecule is [Pt+2].[c-]1cccnc1-c1ccccc1.[c-]1cccnc1-c1ccccc1. The largest absolute Gasteiger partial charge is 2.00 e. The number of hydrogen-bond donors (Lipinski definition) is 0. The van der Waals surface area contributed by atoms with Crippen molar-refractivity contribution in [2.75, 3.05) is 0 Å². The molecule has 124 valence electrons. The Kier molecular flexibility index (Phi) is 7.75. The zero-order valence-corrected chi connectivity index (χ0v) is 15.7. The van der Waals surface area contributed by atoms with Crippen LogP contribution in [0.5, 0.6) is 0 Å².